The van der Waals surface area contributed by atoms with Crippen LogP contribution < -0.4 is 5.32 Å². The molecule has 1 spiro atoms. The monoisotopic (exact) mass is 347 g/mol. The molecule has 2 atom stereocenters. The fraction of sp³-hybridized carbons (Fsp3) is 0.706. The van der Waals surface area contributed by atoms with E-state index in [0.29, 0.717) is 19.7 Å². The molecule has 8 nitrogen and oxygen atoms in total. The number of hydrogen-bond donors (Lipinski definition) is 1. The van der Waals surface area contributed by atoms with Gasteiger partial charge in [0.1, 0.15) is 0 Å². The molecule has 4 rings (SSSR count). The number of alkyl carbamates (subject to hydrolysis) is 1. The van der Waals surface area contributed by atoms with Crippen molar-refractivity contribution in [3.05, 3.63) is 18.2 Å². The molecule has 3 saturated heterocycles. The van der Waals surface area contributed by atoms with Crippen molar-refractivity contribution in [2.45, 2.75) is 24.8 Å². The molecule has 3 aliphatic heterocycles. The minimum atomic E-state index is -0.372. The lowest BCUT2D eigenvalue weighted by Crippen LogP contribution is -2.73. The molecule has 0 bridgehead atoms. The van der Waals surface area contributed by atoms with Crippen LogP contribution in [0.2, 0.25) is 0 Å². The summed E-state index contributed by atoms with van der Waals surface area (Å²) in [5.41, 5.74) is 0.709. The van der Waals surface area contributed by atoms with Crippen molar-refractivity contribution in [1.29, 1.82) is 0 Å². The molecule has 0 saturated carbocycles. The topological polar surface area (TPSA) is 79.7 Å². The van der Waals surface area contributed by atoms with Gasteiger partial charge in [0.15, 0.2) is 0 Å². The number of amides is 2. The molecule has 0 radical (unpaired) electrons. The average molecular weight is 347 g/mol. The fourth-order valence-corrected chi connectivity index (χ4v) is 4.28. The molecule has 3 aliphatic rings. The van der Waals surface area contributed by atoms with E-state index in [2.05, 4.69) is 22.1 Å². The van der Waals surface area contributed by atoms with Crippen molar-refractivity contribution in [3.63, 3.8) is 0 Å². The number of rotatable bonds is 3. The van der Waals surface area contributed by atoms with Gasteiger partial charge < -0.3 is 24.4 Å². The molecule has 0 aromatic carbocycles. The molecule has 2 amide bonds. The van der Waals surface area contributed by atoms with Gasteiger partial charge in [-0.1, -0.05) is 6.92 Å². The average Bonchev–Trinajstić information content (AvgIpc) is 3.17. The van der Waals surface area contributed by atoms with Crippen LogP contribution in [0, 0.1) is 5.92 Å². The zero-order valence-electron chi connectivity index (χ0n) is 14.8. The van der Waals surface area contributed by atoms with Crippen LogP contribution in [0.5, 0.6) is 0 Å². The maximum Gasteiger partial charge on any atom is 0.407 e. The number of cyclic esters (lactones) is 1. The van der Waals surface area contributed by atoms with Crippen LogP contribution in [-0.2, 0) is 16.6 Å². The SMILES string of the molecule is CCN1C[C@@H](C(=O)N2CC3(CCOC(=O)N3)C2)[C@H](c2cn(C)cn2)C1. The highest BCUT2D eigenvalue weighted by Gasteiger charge is 2.51. The summed E-state index contributed by atoms with van der Waals surface area (Å²) in [6, 6.07) is 0. The van der Waals surface area contributed by atoms with E-state index >= 15 is 0 Å². The third-order valence-electron chi connectivity index (χ3n) is 5.74. The number of likely N-dealkylation sites (tertiary alicyclic amines) is 2. The molecule has 3 fully saturated rings. The summed E-state index contributed by atoms with van der Waals surface area (Å²) < 4.78 is 6.87. The van der Waals surface area contributed by atoms with E-state index in [9.17, 15) is 9.59 Å². The third-order valence-corrected chi connectivity index (χ3v) is 5.74. The van der Waals surface area contributed by atoms with Gasteiger partial charge in [0, 0.05) is 51.8 Å². The van der Waals surface area contributed by atoms with E-state index in [1.807, 2.05) is 22.7 Å². The molecular formula is C17H25N5O3. The van der Waals surface area contributed by atoms with Crippen LogP contribution >= 0.6 is 0 Å². The first-order valence-electron chi connectivity index (χ1n) is 8.93. The maximum atomic E-state index is 13.1. The van der Waals surface area contributed by atoms with Crippen LogP contribution in [0.1, 0.15) is 25.0 Å². The number of carbonyl (C=O) groups is 2. The lowest BCUT2D eigenvalue weighted by molar-refractivity contribution is -0.145. The van der Waals surface area contributed by atoms with E-state index in [0.717, 1.165) is 31.7 Å². The quantitative estimate of drug-likeness (QED) is 0.843. The number of carbonyl (C=O) groups excluding carboxylic acids is 2. The Balaban J connectivity index is 1.46. The number of likely N-dealkylation sites (N-methyl/N-ethyl adjacent to an activating group) is 1. The Labute approximate surface area is 147 Å². The number of aromatic nitrogens is 2. The van der Waals surface area contributed by atoms with Crippen molar-refractivity contribution < 1.29 is 14.3 Å². The molecule has 25 heavy (non-hydrogen) atoms. The van der Waals surface area contributed by atoms with Gasteiger partial charge in [-0.05, 0) is 6.54 Å². The normalized spacial score (nSPS) is 28.6. The van der Waals surface area contributed by atoms with Crippen LogP contribution in [0.15, 0.2) is 12.5 Å². The second kappa shape index (κ2) is 6.01. The van der Waals surface area contributed by atoms with Crippen molar-refractivity contribution in [2.24, 2.45) is 13.0 Å². The first-order valence-corrected chi connectivity index (χ1v) is 8.93. The molecule has 1 aromatic rings. The Bertz CT molecular complexity index is 682. The summed E-state index contributed by atoms with van der Waals surface area (Å²) in [5, 5.41) is 2.89. The van der Waals surface area contributed by atoms with E-state index < -0.39 is 0 Å². The number of hydrogen-bond acceptors (Lipinski definition) is 5. The largest absolute Gasteiger partial charge is 0.449 e. The molecule has 1 aromatic heterocycles. The lowest BCUT2D eigenvalue weighted by atomic mass is 9.83. The Morgan fingerprint density at radius 2 is 2.24 bits per heavy atom. The van der Waals surface area contributed by atoms with Crippen molar-refractivity contribution in [1.82, 2.24) is 24.7 Å². The number of aryl methyl sites for hydroxylation is 1. The molecule has 1 N–H and O–H groups in total. The smallest absolute Gasteiger partial charge is 0.407 e. The number of ether oxygens (including phenoxy) is 1. The summed E-state index contributed by atoms with van der Waals surface area (Å²) in [7, 11) is 1.95. The minimum absolute atomic E-state index is 0.0669. The standard InChI is InChI=1S/C17H25N5O3/c1-3-21-6-12(14-8-20(2)11-18-14)13(7-21)15(23)22-9-17(10-22)4-5-25-16(24)19-17/h8,11-13H,3-7,9-10H2,1-2H3,(H,19,24)/t12-,13-/m1/s1. The van der Waals surface area contributed by atoms with Crippen molar-refractivity contribution in [3.8, 4) is 0 Å². The number of imidazole rings is 1. The van der Waals surface area contributed by atoms with E-state index in [1.54, 1.807) is 6.33 Å². The molecule has 0 unspecified atom stereocenters. The Hall–Kier alpha value is -2.09. The Morgan fingerprint density at radius 1 is 1.44 bits per heavy atom. The zero-order valence-corrected chi connectivity index (χ0v) is 14.8. The summed E-state index contributed by atoms with van der Waals surface area (Å²) in [6.07, 6.45) is 4.20. The number of nitrogens with one attached hydrogen (secondary N) is 1. The highest BCUT2D eigenvalue weighted by Crippen LogP contribution is 2.36. The van der Waals surface area contributed by atoms with Gasteiger partial charge >= 0.3 is 6.09 Å². The number of nitrogens with zero attached hydrogens (tertiary/aromatic N) is 4. The third kappa shape index (κ3) is 2.88. The van der Waals surface area contributed by atoms with Crippen molar-refractivity contribution >= 4 is 12.0 Å². The van der Waals surface area contributed by atoms with E-state index in [4.69, 9.17) is 4.74 Å². The summed E-state index contributed by atoms with van der Waals surface area (Å²) >= 11 is 0. The summed E-state index contributed by atoms with van der Waals surface area (Å²) in [4.78, 5) is 33.3. The maximum absolute atomic E-state index is 13.1. The zero-order chi connectivity index (χ0) is 17.6. The second-order valence-corrected chi connectivity index (χ2v) is 7.51. The second-order valence-electron chi connectivity index (χ2n) is 7.51. The van der Waals surface area contributed by atoms with Crippen LogP contribution in [-0.4, -0.2) is 76.2 Å². The minimum Gasteiger partial charge on any atom is -0.449 e. The van der Waals surface area contributed by atoms with Gasteiger partial charge in [0.05, 0.1) is 30.1 Å². The molecule has 8 heteroatoms. The van der Waals surface area contributed by atoms with Crippen LogP contribution in [0.25, 0.3) is 0 Å². The Kier molecular flexibility index (Phi) is 3.94. The predicted molar refractivity (Wildman–Crippen MR) is 90.0 cm³/mol. The van der Waals surface area contributed by atoms with Gasteiger partial charge in [-0.3, -0.25) is 4.79 Å². The fourth-order valence-electron chi connectivity index (χ4n) is 4.28. The summed E-state index contributed by atoms with van der Waals surface area (Å²) in [6.45, 7) is 6.29. The van der Waals surface area contributed by atoms with Gasteiger partial charge in [0.2, 0.25) is 5.91 Å². The summed E-state index contributed by atoms with van der Waals surface area (Å²) in [5.74, 6) is 0.246. The molecule has 136 valence electrons. The van der Waals surface area contributed by atoms with E-state index in [-0.39, 0.29) is 29.4 Å². The Morgan fingerprint density at radius 3 is 2.88 bits per heavy atom. The van der Waals surface area contributed by atoms with Crippen molar-refractivity contribution in [2.75, 3.05) is 39.3 Å². The highest BCUT2D eigenvalue weighted by molar-refractivity contribution is 5.82. The van der Waals surface area contributed by atoms with Crippen LogP contribution in [0.3, 0.4) is 0 Å². The van der Waals surface area contributed by atoms with E-state index in [1.165, 1.54) is 0 Å². The van der Waals surface area contributed by atoms with Gasteiger partial charge in [0.25, 0.3) is 0 Å². The first-order chi connectivity index (χ1) is 12.0. The molecular weight excluding hydrogens is 322 g/mol. The van der Waals surface area contributed by atoms with Gasteiger partial charge in [-0.2, -0.15) is 0 Å². The predicted octanol–water partition coefficient (Wildman–Crippen LogP) is 0.166. The van der Waals surface area contributed by atoms with Gasteiger partial charge in [-0.15, -0.1) is 0 Å². The molecule has 4 heterocycles. The first kappa shape index (κ1) is 16.4. The molecule has 0 aliphatic carbocycles. The van der Waals surface area contributed by atoms with Crippen LogP contribution in [0.4, 0.5) is 4.79 Å². The lowest BCUT2D eigenvalue weighted by Gasteiger charge is -2.52. The van der Waals surface area contributed by atoms with Gasteiger partial charge in [-0.25, -0.2) is 9.78 Å². The highest BCUT2D eigenvalue weighted by atomic mass is 16.6.